The van der Waals surface area contributed by atoms with Crippen molar-refractivity contribution >= 4 is 59.1 Å². The Morgan fingerprint density at radius 3 is 1.60 bits per heavy atom. The lowest BCUT2D eigenvalue weighted by atomic mass is 10.0. The van der Waals surface area contributed by atoms with Gasteiger partial charge in [0, 0.05) is 19.3 Å². The van der Waals surface area contributed by atoms with Crippen LogP contribution in [-0.4, -0.2) is 113 Å². The minimum absolute atomic E-state index is 0.0268. The fourth-order valence-electron chi connectivity index (χ4n) is 5.88. The molecular weight excluding hydrogens is 823 g/mol. The second-order valence-corrected chi connectivity index (χ2v) is 15.4. The van der Waals surface area contributed by atoms with Gasteiger partial charge in [-0.25, -0.2) is 0 Å². The Hall–Kier alpha value is -7.10. The number of amides is 10. The average Bonchev–Trinajstić information content (AvgIpc) is 3.20. The Labute approximate surface area is 364 Å². The predicted molar refractivity (Wildman–Crippen MR) is 227 cm³/mol. The number of primary amides is 3. The van der Waals surface area contributed by atoms with Gasteiger partial charge in [-0.05, 0) is 55.9 Å². The van der Waals surface area contributed by atoms with Gasteiger partial charge in [0.2, 0.25) is 59.1 Å². The number of carbonyl (C=O) groups is 10. The highest BCUT2D eigenvalue weighted by Gasteiger charge is 2.33. The van der Waals surface area contributed by atoms with Crippen LogP contribution in [0.3, 0.4) is 0 Å². The minimum Gasteiger partial charge on any atom is -0.508 e. The lowest BCUT2D eigenvalue weighted by Gasteiger charge is -2.26. The van der Waals surface area contributed by atoms with E-state index in [1.54, 1.807) is 30.3 Å². The number of phenolic OH excluding ortho intramolecular Hbond substituents is 1. The highest BCUT2D eigenvalue weighted by molar-refractivity contribution is 5.98. The van der Waals surface area contributed by atoms with Crippen LogP contribution in [0.4, 0.5) is 0 Å². The molecule has 0 saturated carbocycles. The number of carbonyl (C=O) groups excluding carboxylic acids is 10. The van der Waals surface area contributed by atoms with Gasteiger partial charge < -0.3 is 65.3 Å². The van der Waals surface area contributed by atoms with Crippen LogP contribution in [0.25, 0.3) is 0 Å². The summed E-state index contributed by atoms with van der Waals surface area (Å²) in [7, 11) is 0. The van der Waals surface area contributed by atoms with Crippen molar-refractivity contribution in [2.24, 2.45) is 28.9 Å². The van der Waals surface area contributed by atoms with Crippen molar-refractivity contribution in [1.82, 2.24) is 37.2 Å². The third-order valence-electron chi connectivity index (χ3n) is 9.25. The number of aromatic hydroxyl groups is 1. The van der Waals surface area contributed by atoms with E-state index < -0.39 is 121 Å². The van der Waals surface area contributed by atoms with E-state index in [0.29, 0.717) is 11.1 Å². The van der Waals surface area contributed by atoms with E-state index >= 15 is 0 Å². The summed E-state index contributed by atoms with van der Waals surface area (Å²) in [5, 5.41) is 26.9. The van der Waals surface area contributed by atoms with Crippen molar-refractivity contribution < 1.29 is 53.1 Å². The molecule has 0 aromatic heterocycles. The van der Waals surface area contributed by atoms with Gasteiger partial charge in [0.1, 0.15) is 42.0 Å². The molecule has 0 aliphatic carbocycles. The first-order valence-electron chi connectivity index (χ1n) is 20.1. The van der Waals surface area contributed by atoms with Gasteiger partial charge in [-0.15, -0.1) is 0 Å². The van der Waals surface area contributed by atoms with E-state index in [9.17, 15) is 53.1 Å². The molecule has 0 bridgehead atoms. The van der Waals surface area contributed by atoms with Gasteiger partial charge in [0.15, 0.2) is 0 Å². The number of phenols is 1. The number of hydrogen-bond donors (Lipinski definition) is 12. The minimum atomic E-state index is -1.57. The first kappa shape index (κ1) is 52.0. The molecule has 16 N–H and O–H groups in total. The molecule has 0 saturated heterocycles. The van der Waals surface area contributed by atoms with Gasteiger partial charge in [-0.1, -0.05) is 56.3 Å². The van der Waals surface area contributed by atoms with Crippen LogP contribution in [0.15, 0.2) is 54.6 Å². The summed E-state index contributed by atoms with van der Waals surface area (Å²) in [5.74, 6) is -8.74. The van der Waals surface area contributed by atoms with Crippen LogP contribution in [0.5, 0.6) is 5.75 Å². The van der Waals surface area contributed by atoms with Gasteiger partial charge in [-0.2, -0.15) is 0 Å². The van der Waals surface area contributed by atoms with E-state index in [-0.39, 0.29) is 37.4 Å². The van der Waals surface area contributed by atoms with Gasteiger partial charge in [0.25, 0.3) is 0 Å². The zero-order valence-corrected chi connectivity index (χ0v) is 35.6. The maximum atomic E-state index is 13.9. The second-order valence-electron chi connectivity index (χ2n) is 15.4. The smallest absolute Gasteiger partial charge is 0.243 e. The molecule has 2 aromatic rings. The molecule has 0 heterocycles. The molecule has 22 nitrogen and oxygen atoms in total. The zero-order chi connectivity index (χ0) is 47.4. The van der Waals surface area contributed by atoms with Gasteiger partial charge in [0.05, 0.1) is 19.0 Å². The largest absolute Gasteiger partial charge is 0.508 e. The van der Waals surface area contributed by atoms with Crippen LogP contribution < -0.4 is 60.2 Å². The molecule has 22 heteroatoms. The monoisotopic (exact) mass is 881 g/mol. The number of nitrogens with one attached hydrogen (secondary N) is 7. The van der Waals surface area contributed by atoms with Crippen molar-refractivity contribution in [3.63, 3.8) is 0 Å². The van der Waals surface area contributed by atoms with Gasteiger partial charge in [-0.3, -0.25) is 47.9 Å². The molecule has 0 aliphatic heterocycles. The summed E-state index contributed by atoms with van der Waals surface area (Å²) in [6, 6.07) is 4.87. The van der Waals surface area contributed by atoms with E-state index in [1.165, 1.54) is 38.1 Å². The lowest BCUT2D eigenvalue weighted by Crippen LogP contribution is -2.60. The zero-order valence-electron chi connectivity index (χ0n) is 35.6. The summed E-state index contributed by atoms with van der Waals surface area (Å²) < 4.78 is 0. The Morgan fingerprint density at radius 1 is 0.556 bits per heavy atom. The lowest BCUT2D eigenvalue weighted by molar-refractivity contribution is -0.135. The van der Waals surface area contributed by atoms with Crippen LogP contribution in [0.1, 0.15) is 64.5 Å². The molecule has 2 rings (SSSR count). The van der Waals surface area contributed by atoms with Crippen molar-refractivity contribution in [2.45, 2.75) is 109 Å². The SMILES string of the molecule is CC(C)CC(NC(=O)CNC(=O)C(Cc1ccccc1)NC(=O)C(C)NC(=O)C(Cc1ccc(O)cc1)NC(=O)C(CCC(N)=O)NC(=O)C(CC(N)=O)NC(=O)C(C)N)C(N)=O. The normalized spacial score (nSPS) is 14.2. The van der Waals surface area contributed by atoms with Crippen LogP contribution in [-0.2, 0) is 60.8 Å². The number of benzene rings is 2. The second kappa shape index (κ2) is 25.6. The maximum absolute atomic E-state index is 13.9. The standard InChI is InChI=1S/C41H59N11O11/c1-21(2)16-28(35(45)57)48-34(56)20-46-38(60)29(17-24-8-6-5-7-9-24)51-37(59)23(4)47-40(62)30(18-25-10-12-26(53)13-11-25)52-39(61)27(14-15-32(43)54)49-41(63)31(19-33(44)55)50-36(58)22(3)42/h5-13,21-23,27-31,53H,14-20,42H2,1-4H3,(H2,43,54)(H2,44,55)(H2,45,57)(H,46,60)(H,47,62)(H,48,56)(H,49,63)(H,50,58)(H,51,59)(H,52,61). The third-order valence-corrected chi connectivity index (χ3v) is 9.25. The molecule has 2 aromatic carbocycles. The molecule has 7 unspecified atom stereocenters. The van der Waals surface area contributed by atoms with Crippen LogP contribution in [0, 0.1) is 5.92 Å². The highest BCUT2D eigenvalue weighted by Crippen LogP contribution is 2.13. The number of rotatable bonds is 26. The van der Waals surface area contributed by atoms with Crippen LogP contribution in [0.2, 0.25) is 0 Å². The Kier molecular flexibility index (Phi) is 21.2. The summed E-state index contributed by atoms with van der Waals surface area (Å²) in [5.41, 5.74) is 22.6. The highest BCUT2D eigenvalue weighted by atomic mass is 16.3. The fourth-order valence-corrected chi connectivity index (χ4v) is 5.88. The predicted octanol–water partition coefficient (Wildman–Crippen LogP) is -3.76. The fraction of sp³-hybridized carbons (Fsp3) is 0.463. The summed E-state index contributed by atoms with van der Waals surface area (Å²) in [6.45, 7) is 5.75. The molecule has 0 spiro atoms. The molecule has 344 valence electrons. The molecule has 10 amide bonds. The summed E-state index contributed by atoms with van der Waals surface area (Å²) >= 11 is 0. The average molecular weight is 882 g/mol. The first-order chi connectivity index (χ1) is 29.6. The number of nitrogens with two attached hydrogens (primary N) is 4. The maximum Gasteiger partial charge on any atom is 0.243 e. The van der Waals surface area contributed by atoms with E-state index in [2.05, 4.69) is 37.2 Å². The van der Waals surface area contributed by atoms with Crippen LogP contribution >= 0.6 is 0 Å². The molecule has 0 fully saturated rings. The Bertz CT molecular complexity index is 1950. The first-order valence-corrected chi connectivity index (χ1v) is 20.1. The summed E-state index contributed by atoms with van der Waals surface area (Å²) in [6.07, 6.45) is -1.49. The van der Waals surface area contributed by atoms with Crippen molar-refractivity contribution in [2.75, 3.05) is 6.54 Å². The van der Waals surface area contributed by atoms with E-state index in [0.717, 1.165) is 0 Å². The quantitative estimate of drug-likeness (QED) is 0.0434. The molecular formula is C41H59N11O11. The Balaban J connectivity index is 2.33. The Morgan fingerprint density at radius 2 is 1.06 bits per heavy atom. The molecule has 63 heavy (non-hydrogen) atoms. The van der Waals surface area contributed by atoms with E-state index in [4.69, 9.17) is 22.9 Å². The molecule has 0 aliphatic rings. The van der Waals surface area contributed by atoms with Gasteiger partial charge >= 0.3 is 0 Å². The topological polar surface area (TPSA) is 379 Å². The summed E-state index contributed by atoms with van der Waals surface area (Å²) in [4.78, 5) is 128. The van der Waals surface area contributed by atoms with Crippen molar-refractivity contribution in [3.8, 4) is 5.75 Å². The molecule has 7 atom stereocenters. The number of hydrogen-bond acceptors (Lipinski definition) is 12. The van der Waals surface area contributed by atoms with Crippen molar-refractivity contribution in [3.05, 3.63) is 65.7 Å². The van der Waals surface area contributed by atoms with Crippen molar-refractivity contribution in [1.29, 1.82) is 0 Å². The third kappa shape index (κ3) is 19.4. The molecule has 0 radical (unpaired) electrons. The van der Waals surface area contributed by atoms with E-state index in [1.807, 2.05) is 13.8 Å².